The predicted octanol–water partition coefficient (Wildman–Crippen LogP) is 2.52. The van der Waals surface area contributed by atoms with Crippen molar-refractivity contribution in [2.24, 2.45) is 10.4 Å². The predicted molar refractivity (Wildman–Crippen MR) is 115 cm³/mol. The average molecular weight is 407 g/mol. The first kappa shape index (κ1) is 21.1. The number of rotatable bonds is 7. The Balaban J connectivity index is 1.55. The average Bonchev–Trinajstić information content (AvgIpc) is 3.18. The van der Waals surface area contributed by atoms with E-state index in [9.17, 15) is 9.90 Å². The minimum atomic E-state index is 0.0804. The fourth-order valence-electron chi connectivity index (χ4n) is 4.38. The van der Waals surface area contributed by atoms with E-state index in [-0.39, 0.29) is 24.5 Å². The van der Waals surface area contributed by atoms with Crippen LogP contribution in [0.1, 0.15) is 55.9 Å². The van der Waals surface area contributed by atoms with Crippen molar-refractivity contribution in [3.05, 3.63) is 21.9 Å². The molecule has 0 aromatic carbocycles. The second-order valence-electron chi connectivity index (χ2n) is 8.02. The summed E-state index contributed by atoms with van der Waals surface area (Å²) in [5, 5.41) is 18.3. The Kier molecular flexibility index (Phi) is 7.73. The van der Waals surface area contributed by atoms with Crippen LogP contribution < -0.4 is 10.6 Å². The van der Waals surface area contributed by atoms with Crippen LogP contribution in [0.5, 0.6) is 0 Å². The fourth-order valence-corrected chi connectivity index (χ4v) is 5.26. The number of nitrogens with one attached hydrogen (secondary N) is 2. The van der Waals surface area contributed by atoms with Crippen molar-refractivity contribution in [3.63, 3.8) is 0 Å². The first-order chi connectivity index (χ1) is 13.7. The number of carbonyl (C=O) groups excluding carboxylic acids is 1. The van der Waals surface area contributed by atoms with Gasteiger partial charge in [0.2, 0.25) is 5.91 Å². The summed E-state index contributed by atoms with van der Waals surface area (Å²) in [6.07, 6.45) is 7.82. The van der Waals surface area contributed by atoms with Crippen molar-refractivity contribution in [3.8, 4) is 0 Å². The molecule has 0 unspecified atom stereocenters. The summed E-state index contributed by atoms with van der Waals surface area (Å²) in [7, 11) is 0. The van der Waals surface area contributed by atoms with Crippen LogP contribution in [0, 0.1) is 5.41 Å². The molecule has 156 valence electrons. The van der Waals surface area contributed by atoms with Gasteiger partial charge >= 0.3 is 0 Å². The molecule has 2 heterocycles. The van der Waals surface area contributed by atoms with Gasteiger partial charge in [-0.15, -0.1) is 11.3 Å². The maximum absolute atomic E-state index is 12.6. The number of guanidine groups is 1. The summed E-state index contributed by atoms with van der Waals surface area (Å²) in [6.45, 7) is 5.48. The second-order valence-corrected chi connectivity index (χ2v) is 9.02. The summed E-state index contributed by atoms with van der Waals surface area (Å²) in [5.74, 6) is 0.781. The molecule has 1 aromatic rings. The van der Waals surface area contributed by atoms with Crippen LogP contribution in [0.3, 0.4) is 0 Å². The Labute approximate surface area is 172 Å². The van der Waals surface area contributed by atoms with Crippen molar-refractivity contribution in [2.75, 3.05) is 32.8 Å². The molecule has 6 nitrogen and oxygen atoms in total. The zero-order valence-electron chi connectivity index (χ0n) is 17.0. The minimum Gasteiger partial charge on any atom is -0.396 e. The lowest BCUT2D eigenvalue weighted by Gasteiger charge is -2.37. The lowest BCUT2D eigenvalue weighted by atomic mass is 9.72. The van der Waals surface area contributed by atoms with Crippen LogP contribution in [0.25, 0.3) is 0 Å². The third kappa shape index (κ3) is 5.47. The topological polar surface area (TPSA) is 77.0 Å². The van der Waals surface area contributed by atoms with Gasteiger partial charge in [-0.2, -0.15) is 0 Å². The van der Waals surface area contributed by atoms with Gasteiger partial charge in [-0.3, -0.25) is 4.79 Å². The molecule has 0 atom stereocenters. The van der Waals surface area contributed by atoms with E-state index in [1.54, 1.807) is 11.3 Å². The normalized spacial score (nSPS) is 19.2. The lowest BCUT2D eigenvalue weighted by molar-refractivity contribution is -0.130. The van der Waals surface area contributed by atoms with Crippen molar-refractivity contribution in [2.45, 2.75) is 58.4 Å². The van der Waals surface area contributed by atoms with E-state index in [4.69, 9.17) is 0 Å². The minimum absolute atomic E-state index is 0.0804. The van der Waals surface area contributed by atoms with Gasteiger partial charge in [-0.1, -0.05) is 19.3 Å². The largest absolute Gasteiger partial charge is 0.396 e. The van der Waals surface area contributed by atoms with E-state index in [1.807, 2.05) is 11.8 Å². The summed E-state index contributed by atoms with van der Waals surface area (Å²) >= 11 is 1.78. The fraction of sp³-hybridized carbons (Fsp3) is 0.714. The number of aliphatic hydroxyl groups is 1. The Morgan fingerprint density at radius 3 is 2.89 bits per heavy atom. The molecule has 0 spiro atoms. The van der Waals surface area contributed by atoms with Crippen LogP contribution in [0.2, 0.25) is 0 Å². The SMILES string of the molecule is CCNC(=NCC(=O)N1CCc2sccc2C1)NCC1(CCO)CCCCC1. The number of hydrogen-bond acceptors (Lipinski definition) is 4. The molecule has 3 N–H and O–H groups in total. The Morgan fingerprint density at radius 2 is 2.14 bits per heavy atom. The molecule has 7 heteroatoms. The molecule has 2 aliphatic rings. The summed E-state index contributed by atoms with van der Waals surface area (Å²) < 4.78 is 0. The number of amides is 1. The molecule has 3 rings (SSSR count). The molecule has 0 saturated heterocycles. The standard InChI is InChI=1S/C21H34N4O2S/c1-2-22-20(24-16-21(10-12-26)8-4-3-5-9-21)23-14-19(27)25-11-6-18-17(15-25)7-13-28-18/h7,13,26H,2-6,8-12,14-16H2,1H3,(H2,22,23,24). The van der Waals surface area contributed by atoms with E-state index in [0.717, 1.165) is 45.3 Å². The zero-order chi connectivity index (χ0) is 19.8. The Hall–Kier alpha value is -1.60. The molecular formula is C21H34N4O2S. The smallest absolute Gasteiger partial charge is 0.244 e. The number of thiophene rings is 1. The molecule has 1 aliphatic carbocycles. The molecule has 1 aliphatic heterocycles. The summed E-state index contributed by atoms with van der Waals surface area (Å²) in [4.78, 5) is 20.5. The third-order valence-corrected chi connectivity index (χ3v) is 7.09. The van der Waals surface area contributed by atoms with E-state index in [1.165, 1.54) is 29.7 Å². The number of aliphatic hydroxyl groups excluding tert-OH is 1. The number of hydrogen-bond donors (Lipinski definition) is 3. The molecule has 1 saturated carbocycles. The van der Waals surface area contributed by atoms with Crippen molar-refractivity contribution < 1.29 is 9.90 Å². The van der Waals surface area contributed by atoms with Gasteiger partial charge in [-0.05, 0) is 55.0 Å². The first-order valence-corrected chi connectivity index (χ1v) is 11.5. The van der Waals surface area contributed by atoms with Crippen LogP contribution in [-0.2, 0) is 17.8 Å². The highest BCUT2D eigenvalue weighted by Crippen LogP contribution is 2.38. The van der Waals surface area contributed by atoms with Gasteiger partial charge in [0.25, 0.3) is 0 Å². The molecule has 0 bridgehead atoms. The summed E-state index contributed by atoms with van der Waals surface area (Å²) in [6, 6.07) is 2.12. The molecule has 1 fully saturated rings. The second kappa shape index (κ2) is 10.3. The molecule has 1 aromatic heterocycles. The van der Waals surface area contributed by atoms with E-state index in [2.05, 4.69) is 27.1 Å². The van der Waals surface area contributed by atoms with E-state index >= 15 is 0 Å². The monoisotopic (exact) mass is 406 g/mol. The van der Waals surface area contributed by atoms with Crippen molar-refractivity contribution >= 4 is 23.2 Å². The number of fused-ring (bicyclic) bond motifs is 1. The molecule has 28 heavy (non-hydrogen) atoms. The van der Waals surface area contributed by atoms with E-state index < -0.39 is 0 Å². The Morgan fingerprint density at radius 1 is 1.32 bits per heavy atom. The maximum atomic E-state index is 12.6. The van der Waals surface area contributed by atoms with Gasteiger partial charge in [-0.25, -0.2) is 4.99 Å². The highest BCUT2D eigenvalue weighted by atomic mass is 32.1. The van der Waals surface area contributed by atoms with Crippen LogP contribution >= 0.6 is 11.3 Å². The van der Waals surface area contributed by atoms with Gasteiger partial charge < -0.3 is 20.6 Å². The zero-order valence-corrected chi connectivity index (χ0v) is 17.8. The highest BCUT2D eigenvalue weighted by molar-refractivity contribution is 7.10. The first-order valence-electron chi connectivity index (χ1n) is 10.6. The highest BCUT2D eigenvalue weighted by Gasteiger charge is 2.31. The third-order valence-electron chi connectivity index (χ3n) is 6.06. The van der Waals surface area contributed by atoms with Gasteiger partial charge in [0.1, 0.15) is 6.54 Å². The van der Waals surface area contributed by atoms with E-state index in [0.29, 0.717) is 12.5 Å². The number of carbonyl (C=O) groups is 1. The maximum Gasteiger partial charge on any atom is 0.244 e. The lowest BCUT2D eigenvalue weighted by Crippen LogP contribution is -2.45. The van der Waals surface area contributed by atoms with Gasteiger partial charge in [0.05, 0.1) is 0 Å². The van der Waals surface area contributed by atoms with Crippen LogP contribution in [0.4, 0.5) is 0 Å². The quantitative estimate of drug-likeness (QED) is 0.480. The molecule has 0 radical (unpaired) electrons. The number of aliphatic imine (C=N–C) groups is 1. The van der Waals surface area contributed by atoms with Crippen LogP contribution in [-0.4, -0.2) is 54.7 Å². The van der Waals surface area contributed by atoms with Crippen LogP contribution in [0.15, 0.2) is 16.4 Å². The van der Waals surface area contributed by atoms with Crippen molar-refractivity contribution in [1.82, 2.24) is 15.5 Å². The molecule has 1 amide bonds. The summed E-state index contributed by atoms with van der Waals surface area (Å²) in [5.41, 5.74) is 1.43. The van der Waals surface area contributed by atoms with Gasteiger partial charge in [0.15, 0.2) is 5.96 Å². The van der Waals surface area contributed by atoms with Gasteiger partial charge in [0, 0.05) is 37.7 Å². The number of nitrogens with zero attached hydrogens (tertiary/aromatic N) is 2. The molecular weight excluding hydrogens is 372 g/mol. The van der Waals surface area contributed by atoms with Crippen molar-refractivity contribution in [1.29, 1.82) is 0 Å². The Bertz CT molecular complexity index is 662.